The SMILES string of the molecule is O=[N+]([O-])c1ccccc1Oc1nc2sccn2c1CO. The fraction of sp³-hybridized carbons (Fsp3) is 0.0833. The second kappa shape index (κ2) is 4.91. The topological polar surface area (TPSA) is 89.9 Å². The van der Waals surface area contributed by atoms with Crippen molar-refractivity contribution in [3.8, 4) is 11.6 Å². The number of hydrogen-bond donors (Lipinski definition) is 1. The van der Waals surface area contributed by atoms with Crippen molar-refractivity contribution in [3.05, 3.63) is 51.7 Å². The fourth-order valence-corrected chi connectivity index (χ4v) is 2.56. The molecule has 102 valence electrons. The molecular weight excluding hydrogens is 282 g/mol. The number of aliphatic hydroxyl groups excluding tert-OH is 1. The smallest absolute Gasteiger partial charge is 0.311 e. The standard InChI is InChI=1S/C12H9N3O4S/c16-7-9-11(13-12-14(9)5-6-20-12)19-10-4-2-1-3-8(10)15(17)18/h1-6,16H,7H2. The lowest BCUT2D eigenvalue weighted by Gasteiger charge is -2.04. The first-order chi connectivity index (χ1) is 9.70. The van der Waals surface area contributed by atoms with Crippen LogP contribution < -0.4 is 4.74 Å². The highest BCUT2D eigenvalue weighted by atomic mass is 32.1. The highest BCUT2D eigenvalue weighted by Gasteiger charge is 2.19. The summed E-state index contributed by atoms with van der Waals surface area (Å²) >= 11 is 1.39. The number of imidazole rings is 1. The van der Waals surface area contributed by atoms with Gasteiger partial charge in [0.25, 0.3) is 0 Å². The number of aromatic nitrogens is 2. The van der Waals surface area contributed by atoms with Crippen LogP contribution in [0.25, 0.3) is 4.96 Å². The van der Waals surface area contributed by atoms with Gasteiger partial charge in [-0.2, -0.15) is 4.98 Å². The van der Waals surface area contributed by atoms with Gasteiger partial charge in [-0.05, 0) is 6.07 Å². The van der Waals surface area contributed by atoms with E-state index in [4.69, 9.17) is 4.74 Å². The molecule has 0 aliphatic rings. The molecule has 0 saturated heterocycles. The third kappa shape index (κ3) is 2.00. The molecule has 2 heterocycles. The van der Waals surface area contributed by atoms with E-state index in [9.17, 15) is 15.2 Å². The fourth-order valence-electron chi connectivity index (χ4n) is 1.84. The third-order valence-corrected chi connectivity index (χ3v) is 3.50. The molecule has 20 heavy (non-hydrogen) atoms. The molecule has 0 atom stereocenters. The summed E-state index contributed by atoms with van der Waals surface area (Å²) in [4.78, 5) is 15.3. The Morgan fingerprint density at radius 2 is 2.25 bits per heavy atom. The molecule has 7 nitrogen and oxygen atoms in total. The zero-order valence-corrected chi connectivity index (χ0v) is 10.9. The number of ether oxygens (including phenoxy) is 1. The first-order valence-electron chi connectivity index (χ1n) is 5.67. The average Bonchev–Trinajstić information content (AvgIpc) is 2.99. The van der Waals surface area contributed by atoms with E-state index < -0.39 is 4.92 Å². The van der Waals surface area contributed by atoms with E-state index in [0.29, 0.717) is 10.7 Å². The molecule has 0 fully saturated rings. The lowest BCUT2D eigenvalue weighted by Crippen LogP contribution is -1.96. The van der Waals surface area contributed by atoms with Crippen molar-refractivity contribution in [1.29, 1.82) is 0 Å². The number of thiazole rings is 1. The second-order valence-electron chi connectivity index (χ2n) is 3.90. The molecule has 0 radical (unpaired) electrons. The molecule has 0 spiro atoms. The maximum atomic E-state index is 10.9. The van der Waals surface area contributed by atoms with Crippen LogP contribution in [0.15, 0.2) is 35.8 Å². The Hall–Kier alpha value is -2.45. The maximum absolute atomic E-state index is 10.9. The molecule has 0 bridgehead atoms. The molecule has 3 rings (SSSR count). The molecule has 0 amide bonds. The molecule has 8 heteroatoms. The molecule has 0 aliphatic carbocycles. The highest BCUT2D eigenvalue weighted by Crippen LogP contribution is 2.33. The monoisotopic (exact) mass is 291 g/mol. The van der Waals surface area contributed by atoms with Gasteiger partial charge in [0.05, 0.1) is 11.5 Å². The summed E-state index contributed by atoms with van der Waals surface area (Å²) in [5.41, 5.74) is 0.312. The van der Waals surface area contributed by atoms with Gasteiger partial charge in [0.1, 0.15) is 5.69 Å². The van der Waals surface area contributed by atoms with E-state index in [-0.39, 0.29) is 23.9 Å². The van der Waals surface area contributed by atoms with Crippen molar-refractivity contribution in [2.45, 2.75) is 6.61 Å². The lowest BCUT2D eigenvalue weighted by atomic mass is 10.3. The zero-order valence-electron chi connectivity index (χ0n) is 10.1. The minimum absolute atomic E-state index is 0.0953. The van der Waals surface area contributed by atoms with E-state index in [1.807, 2.05) is 5.38 Å². The summed E-state index contributed by atoms with van der Waals surface area (Å²) in [7, 11) is 0. The third-order valence-electron chi connectivity index (χ3n) is 2.74. The number of nitrogens with zero attached hydrogens (tertiary/aromatic N) is 3. The van der Waals surface area contributed by atoms with Crippen molar-refractivity contribution < 1.29 is 14.8 Å². The van der Waals surface area contributed by atoms with E-state index in [2.05, 4.69) is 4.98 Å². The zero-order chi connectivity index (χ0) is 14.1. The van der Waals surface area contributed by atoms with E-state index in [1.165, 1.54) is 23.5 Å². The number of benzene rings is 1. The number of para-hydroxylation sites is 2. The first kappa shape index (κ1) is 12.6. The molecule has 2 aromatic heterocycles. The van der Waals surface area contributed by atoms with Gasteiger partial charge in [-0.25, -0.2) is 0 Å². The average molecular weight is 291 g/mol. The van der Waals surface area contributed by atoms with Crippen LogP contribution in [0, 0.1) is 10.1 Å². The summed E-state index contributed by atoms with van der Waals surface area (Å²) in [5, 5.41) is 22.2. The Morgan fingerprint density at radius 1 is 1.45 bits per heavy atom. The maximum Gasteiger partial charge on any atom is 0.311 e. The number of aliphatic hydroxyl groups is 1. The van der Waals surface area contributed by atoms with Crippen LogP contribution in [-0.2, 0) is 6.61 Å². The van der Waals surface area contributed by atoms with E-state index in [0.717, 1.165) is 0 Å². The quantitative estimate of drug-likeness (QED) is 0.589. The second-order valence-corrected chi connectivity index (χ2v) is 4.78. The normalized spacial score (nSPS) is 10.8. The lowest BCUT2D eigenvalue weighted by molar-refractivity contribution is -0.385. The van der Waals surface area contributed by atoms with Gasteiger partial charge in [0, 0.05) is 17.6 Å². The van der Waals surface area contributed by atoms with Gasteiger partial charge in [-0.3, -0.25) is 14.5 Å². The van der Waals surface area contributed by atoms with Gasteiger partial charge in [0.15, 0.2) is 4.96 Å². The predicted molar refractivity (Wildman–Crippen MR) is 72.2 cm³/mol. The predicted octanol–water partition coefficient (Wildman–Crippen LogP) is 2.59. The summed E-state index contributed by atoms with van der Waals surface area (Å²) in [5.74, 6) is 0.270. The van der Waals surface area contributed by atoms with Crippen LogP contribution in [-0.4, -0.2) is 19.4 Å². The van der Waals surface area contributed by atoms with Gasteiger partial charge >= 0.3 is 5.69 Å². The summed E-state index contributed by atoms with van der Waals surface area (Å²) in [6, 6.07) is 6.04. The number of nitro benzene ring substituents is 1. The molecule has 0 unspecified atom stereocenters. The summed E-state index contributed by atoms with van der Waals surface area (Å²) < 4.78 is 7.20. The molecule has 0 saturated carbocycles. The minimum atomic E-state index is -0.521. The van der Waals surface area contributed by atoms with Crippen LogP contribution >= 0.6 is 11.3 Å². The number of rotatable bonds is 4. The van der Waals surface area contributed by atoms with Gasteiger partial charge in [-0.1, -0.05) is 12.1 Å². The summed E-state index contributed by atoms with van der Waals surface area (Å²) in [6.07, 6.45) is 1.75. The molecule has 0 aliphatic heterocycles. The molecule has 1 N–H and O–H groups in total. The van der Waals surface area contributed by atoms with E-state index in [1.54, 1.807) is 22.7 Å². The molecule has 3 aromatic rings. The Bertz CT molecular complexity index is 780. The van der Waals surface area contributed by atoms with Crippen LogP contribution in [0.4, 0.5) is 5.69 Å². The first-order valence-corrected chi connectivity index (χ1v) is 6.55. The minimum Gasteiger partial charge on any atom is -0.430 e. The summed E-state index contributed by atoms with van der Waals surface area (Å²) in [6.45, 7) is -0.270. The Balaban J connectivity index is 2.05. The largest absolute Gasteiger partial charge is 0.430 e. The van der Waals surface area contributed by atoms with E-state index >= 15 is 0 Å². The Morgan fingerprint density at radius 3 is 3.00 bits per heavy atom. The van der Waals surface area contributed by atoms with Gasteiger partial charge in [-0.15, -0.1) is 11.3 Å². The Labute approximate surface area is 116 Å². The van der Waals surface area contributed by atoms with Crippen LogP contribution in [0.2, 0.25) is 0 Å². The number of hydrogen-bond acceptors (Lipinski definition) is 6. The van der Waals surface area contributed by atoms with Crippen LogP contribution in [0.3, 0.4) is 0 Å². The molecular formula is C12H9N3O4S. The van der Waals surface area contributed by atoms with Crippen LogP contribution in [0.1, 0.15) is 5.69 Å². The van der Waals surface area contributed by atoms with Crippen molar-refractivity contribution in [2.24, 2.45) is 0 Å². The van der Waals surface area contributed by atoms with Crippen molar-refractivity contribution in [3.63, 3.8) is 0 Å². The Kier molecular flexibility index (Phi) is 3.09. The number of fused-ring (bicyclic) bond motifs is 1. The van der Waals surface area contributed by atoms with Crippen molar-refractivity contribution in [2.75, 3.05) is 0 Å². The number of nitro groups is 1. The van der Waals surface area contributed by atoms with Crippen molar-refractivity contribution >= 4 is 22.0 Å². The molecule has 1 aromatic carbocycles. The highest BCUT2D eigenvalue weighted by molar-refractivity contribution is 7.15. The van der Waals surface area contributed by atoms with Crippen LogP contribution in [0.5, 0.6) is 11.6 Å². The van der Waals surface area contributed by atoms with Crippen molar-refractivity contribution in [1.82, 2.24) is 9.38 Å². The van der Waals surface area contributed by atoms with Gasteiger partial charge < -0.3 is 9.84 Å². The van der Waals surface area contributed by atoms with Gasteiger partial charge in [0.2, 0.25) is 11.6 Å².